The normalized spacial score (nSPS) is 21.7. The molecular weight excluding hydrogens is 1520 g/mol. The minimum absolute atomic E-state index is 0. The molecule has 36 heteroatoms. The molecule has 3 aromatic carbocycles. The quantitative estimate of drug-likeness (QED) is 0.0205. The van der Waals surface area contributed by atoms with Crippen molar-refractivity contribution in [1.29, 1.82) is 0 Å². The van der Waals surface area contributed by atoms with E-state index in [-0.39, 0.29) is 134 Å². The van der Waals surface area contributed by atoms with Gasteiger partial charge in [0.15, 0.2) is 6.04 Å². The molecule has 0 aliphatic carbocycles. The number of aliphatic carboxylic acids is 4. The Hall–Kier alpha value is -7.71. The van der Waals surface area contributed by atoms with Gasteiger partial charge >= 0.3 is 42.8 Å². The Kier molecular flexibility index (Phi) is 35.5. The predicted molar refractivity (Wildman–Crippen MR) is 359 cm³/mol. The number of hydrogen-bond acceptors (Lipinski definition) is 25. The molecule has 4 aromatic rings. The Bertz CT molecular complexity index is 3420. The number of nitrogens with zero attached hydrogens (tertiary/aromatic N) is 4. The second kappa shape index (κ2) is 42.7. The first-order valence-electron chi connectivity index (χ1n) is 32.5. The fraction of sp³-hybridized carbons (Fsp3) is 0.508. The zero-order valence-corrected chi connectivity index (χ0v) is 58.8. The number of phenols is 1. The van der Waals surface area contributed by atoms with Crippen LogP contribution in [0.25, 0.3) is 10.9 Å². The first kappa shape index (κ1) is 84.0. The first-order chi connectivity index (χ1) is 47.7. The minimum Gasteiger partial charge on any atom is -0.549 e. The Morgan fingerprint density at radius 3 is 1.66 bits per heavy atom. The number of fused-ring (bicyclic) bond motifs is 1. The number of rotatable bonds is 26. The van der Waals surface area contributed by atoms with Crippen LogP contribution in [0.15, 0.2) is 85.1 Å². The van der Waals surface area contributed by atoms with Crippen LogP contribution < -0.4 is 63.6 Å². The molecule has 0 bridgehead atoms. The van der Waals surface area contributed by atoms with Crippen LogP contribution in [-0.4, -0.2) is 273 Å². The number of aromatic hydroxyl groups is 1. The SMILES string of the molecule is CC(O)C(NC(=O)C1CSSCC(NC(=O)C(Cc2ccccc2)NC(=O)CN2CCN(CC(=O)[O-])CCN(CC(=O)[O-])CCN(CC(=O)[O-])CC2)C(=O)NC(Cc2ccc(O)cc2)C(=O)NC(Cc2c[nH]c3ccccc23)C(=O)NC(CCCCN)C(=O)NC(C(C)O)C(=O)N1)C(=O)O.[Lu+3]. The molecule has 2 saturated heterocycles. The van der Waals surface area contributed by atoms with Crippen molar-refractivity contribution in [2.75, 3.05) is 96.6 Å². The van der Waals surface area contributed by atoms with Gasteiger partial charge in [0.25, 0.3) is 0 Å². The molecule has 2 aliphatic rings. The van der Waals surface area contributed by atoms with E-state index in [2.05, 4.69) is 47.5 Å². The van der Waals surface area contributed by atoms with Gasteiger partial charge in [0, 0.05) is 120 Å². The molecule has 3 heterocycles. The summed E-state index contributed by atoms with van der Waals surface area (Å²) in [7, 11) is 1.64. The number of carboxylic acids is 4. The number of carbonyl (C=O) groups is 12. The number of phenolic OH excluding ortho intramolecular Hbond substituents is 1. The van der Waals surface area contributed by atoms with Crippen LogP contribution in [0.5, 0.6) is 5.75 Å². The summed E-state index contributed by atoms with van der Waals surface area (Å²) < 4.78 is 0. The number of aliphatic hydroxyl groups is 2. The van der Waals surface area contributed by atoms with Gasteiger partial charge in [0.1, 0.15) is 48.0 Å². The number of H-pyrrole nitrogens is 1. The monoisotopic (exact) mass is 1610 g/mol. The van der Waals surface area contributed by atoms with Crippen LogP contribution in [0.4, 0.5) is 0 Å². The number of hydrogen-bond donors (Lipinski definition) is 14. The molecule has 10 unspecified atom stereocenters. The number of nitrogens with one attached hydrogen (secondary N) is 9. The van der Waals surface area contributed by atoms with Crippen LogP contribution in [0, 0.1) is 36.9 Å². The number of para-hydroxylation sites is 1. The van der Waals surface area contributed by atoms with Gasteiger partial charge in [-0.3, -0.25) is 58.0 Å². The molecule has 33 nitrogen and oxygen atoms in total. The summed E-state index contributed by atoms with van der Waals surface area (Å²) in [5.41, 5.74) is 7.92. The van der Waals surface area contributed by atoms with Gasteiger partial charge in [-0.15, -0.1) is 0 Å². The fourth-order valence-electron chi connectivity index (χ4n) is 11.1. The predicted octanol–water partition coefficient (Wildman–Crippen LogP) is -7.38. The summed E-state index contributed by atoms with van der Waals surface area (Å²) >= 11 is 0. The molecule has 2 fully saturated rings. The molecule has 15 N–H and O–H groups in total. The van der Waals surface area contributed by atoms with E-state index in [1.165, 1.54) is 39.0 Å². The third-order valence-electron chi connectivity index (χ3n) is 16.5. The van der Waals surface area contributed by atoms with E-state index < -0.39 is 169 Å². The van der Waals surface area contributed by atoms with Crippen LogP contribution in [0.2, 0.25) is 0 Å². The number of benzene rings is 3. The van der Waals surface area contributed by atoms with Gasteiger partial charge < -0.3 is 103 Å². The van der Waals surface area contributed by atoms with Crippen molar-refractivity contribution in [2.45, 2.75) is 113 Å². The average Bonchev–Trinajstić information content (AvgIpc) is 1.75. The van der Waals surface area contributed by atoms with Crippen LogP contribution in [0.1, 0.15) is 49.8 Å². The summed E-state index contributed by atoms with van der Waals surface area (Å²) in [6.07, 6.45) is -1.98. The maximum absolute atomic E-state index is 15.3. The third-order valence-corrected chi connectivity index (χ3v) is 19.0. The number of aromatic amines is 1. The molecule has 0 saturated carbocycles. The largest absolute Gasteiger partial charge is 3.00 e. The number of unbranched alkanes of at least 4 members (excludes halogenated alkanes) is 1. The fourth-order valence-corrected chi connectivity index (χ4v) is 13.4. The smallest absolute Gasteiger partial charge is 0.549 e. The Morgan fingerprint density at radius 1 is 0.604 bits per heavy atom. The van der Waals surface area contributed by atoms with Gasteiger partial charge in [-0.2, -0.15) is 0 Å². The van der Waals surface area contributed by atoms with Gasteiger partial charge in [-0.25, -0.2) is 4.79 Å². The number of aliphatic hydroxyl groups excluding tert-OH is 2. The van der Waals surface area contributed by atoms with Crippen molar-refractivity contribution in [3.05, 3.63) is 102 Å². The van der Waals surface area contributed by atoms with Crippen LogP contribution in [0.3, 0.4) is 0 Å². The van der Waals surface area contributed by atoms with Crippen molar-refractivity contribution in [3.8, 4) is 5.75 Å². The Labute approximate surface area is 619 Å². The number of carboxylic acid groups (broad SMARTS) is 4. The van der Waals surface area contributed by atoms with Gasteiger partial charge in [0.05, 0.1) is 36.7 Å². The third kappa shape index (κ3) is 28.6. The van der Waals surface area contributed by atoms with Crippen molar-refractivity contribution in [3.63, 3.8) is 0 Å². The van der Waals surface area contributed by atoms with Gasteiger partial charge in [-0.1, -0.05) is 82.3 Å². The Balaban J connectivity index is 0.0000184. The maximum Gasteiger partial charge on any atom is 3.00 e. The number of amides is 8. The van der Waals surface area contributed by atoms with Crippen molar-refractivity contribution < 1.29 is 130 Å². The van der Waals surface area contributed by atoms with Crippen molar-refractivity contribution in [1.82, 2.24) is 67.1 Å². The number of carbonyl (C=O) groups excluding carboxylic acids is 11. The number of nitrogens with two attached hydrogens (primary N) is 1. The number of aromatic nitrogens is 1. The summed E-state index contributed by atoms with van der Waals surface area (Å²) in [6, 6.07) is 7.74. The van der Waals surface area contributed by atoms with E-state index in [4.69, 9.17) is 5.73 Å². The second-order valence-corrected chi connectivity index (χ2v) is 27.0. The second-order valence-electron chi connectivity index (χ2n) is 24.4. The van der Waals surface area contributed by atoms with Crippen LogP contribution >= 0.6 is 21.6 Å². The van der Waals surface area contributed by atoms with Crippen molar-refractivity contribution >= 4 is 104 Å². The zero-order valence-electron chi connectivity index (χ0n) is 55.6. The molecule has 6 rings (SSSR count). The Morgan fingerprint density at radius 2 is 1.12 bits per heavy atom. The standard InChI is InChI=1S/C65H90N14O19S2.Lu/c1-38(80)56-64(96)73-51(63(95)75-57(39(2)81)65(97)98)37-100-99-36-50(72-59(91)47(28-40-10-4-3-5-11-40)68-52(83)32-76-20-22-77(33-53(84)85)24-26-79(35-55(88)89)27-25-78(23-21-76)34-54(86)87)62(94)70-48(29-41-15-17-43(82)18-16-41)60(92)71-49(30-42-31-67-45-13-7-6-12-44(42)45)61(93)69-46(58(90)74-56)14-8-9-19-66;/h3-7,10-13,15-18,31,38-39,46-51,56-57,67,80-82H,8-9,14,19-30,32-37,66H2,1-2H3,(H,68,83)(H,69,93)(H,70,94)(H,71,92)(H,72,91)(H,73,96)(H,74,90)(H,75,95)(H,84,85)(H,86,87)(H,88,89)(H,97,98);/q;+3/p-3. The van der Waals surface area contributed by atoms with E-state index in [0.29, 0.717) is 34.0 Å². The zero-order chi connectivity index (χ0) is 73.0. The molecule has 558 valence electrons. The first-order valence-corrected chi connectivity index (χ1v) is 35.0. The molecule has 10 atom stereocenters. The molecule has 0 radical (unpaired) electrons. The summed E-state index contributed by atoms with van der Waals surface area (Å²) in [6.45, 7) is 0.342. The van der Waals surface area contributed by atoms with Gasteiger partial charge in [-0.05, 0) is 74.5 Å². The molecule has 2 aliphatic heterocycles. The summed E-state index contributed by atoms with van der Waals surface area (Å²) in [5.74, 6) is -14.9. The molecule has 101 heavy (non-hydrogen) atoms. The molecule has 8 amide bonds. The van der Waals surface area contributed by atoms with E-state index in [0.717, 1.165) is 35.4 Å². The van der Waals surface area contributed by atoms with E-state index >= 15 is 14.4 Å². The van der Waals surface area contributed by atoms with E-state index in [1.54, 1.807) is 65.7 Å². The summed E-state index contributed by atoms with van der Waals surface area (Å²) in [4.78, 5) is 175. The molecular formula is C65H87LuN14O19S2. The van der Waals surface area contributed by atoms with E-state index in [9.17, 15) is 78.9 Å². The maximum atomic E-state index is 15.3. The molecule has 0 spiro atoms. The van der Waals surface area contributed by atoms with Crippen molar-refractivity contribution in [2.24, 2.45) is 5.73 Å². The van der Waals surface area contributed by atoms with Gasteiger partial charge in [0.2, 0.25) is 47.3 Å². The van der Waals surface area contributed by atoms with Crippen LogP contribution in [-0.2, 0) is 76.8 Å². The topological polar surface area (TPSA) is 506 Å². The van der Waals surface area contributed by atoms with E-state index in [1.807, 2.05) is 0 Å². The molecule has 1 aromatic heterocycles. The minimum atomic E-state index is -1.91. The summed E-state index contributed by atoms with van der Waals surface area (Å²) in [5, 5.41) is 98.5. The average molecular weight is 1610 g/mol.